The number of rotatable bonds is 6. The van der Waals surface area contributed by atoms with Gasteiger partial charge in [0.25, 0.3) is 0 Å². The quantitative estimate of drug-likeness (QED) is 0.757. The third-order valence-electron chi connectivity index (χ3n) is 2.62. The zero-order valence-corrected chi connectivity index (χ0v) is 9.19. The summed E-state index contributed by atoms with van der Waals surface area (Å²) in [6.07, 6.45) is 2.59. The average Bonchev–Trinajstić information content (AvgIpc) is 2.97. The second-order valence-electron chi connectivity index (χ2n) is 4.02. The van der Waals surface area contributed by atoms with Crippen LogP contribution in [0.1, 0.15) is 24.6 Å². The monoisotopic (exact) mass is 211 g/mol. The molecule has 1 atom stereocenters. The molecule has 1 heterocycles. The lowest BCUT2D eigenvalue weighted by atomic mass is 10.2. The molecule has 0 spiro atoms. The van der Waals surface area contributed by atoms with Crippen LogP contribution in [-0.2, 0) is 11.3 Å². The highest BCUT2D eigenvalue weighted by Crippen LogP contribution is 2.32. The number of nitrogens with zero attached hydrogens (tertiary/aromatic N) is 2. The summed E-state index contributed by atoms with van der Waals surface area (Å²) in [5.74, 6) is 2.09. The minimum absolute atomic E-state index is 0.419. The minimum atomic E-state index is 0.419. The maximum Gasteiger partial charge on any atom is 0.240 e. The number of methoxy groups -OCH3 is 1. The molecule has 1 aliphatic carbocycles. The summed E-state index contributed by atoms with van der Waals surface area (Å²) >= 11 is 0. The van der Waals surface area contributed by atoms with Gasteiger partial charge in [-0.3, -0.25) is 0 Å². The molecule has 1 aromatic rings. The normalized spacial score (nSPS) is 18.0. The van der Waals surface area contributed by atoms with Gasteiger partial charge in [-0.05, 0) is 25.7 Å². The van der Waals surface area contributed by atoms with Crippen LogP contribution in [0.15, 0.2) is 4.52 Å². The molecule has 1 aliphatic rings. The fourth-order valence-electron chi connectivity index (χ4n) is 1.67. The van der Waals surface area contributed by atoms with Crippen LogP contribution >= 0.6 is 0 Å². The number of hydrogen-bond donors (Lipinski definition) is 1. The smallest absolute Gasteiger partial charge is 0.240 e. The van der Waals surface area contributed by atoms with Crippen molar-refractivity contribution >= 4 is 0 Å². The summed E-state index contributed by atoms with van der Waals surface area (Å²) in [5.41, 5.74) is 0. The second kappa shape index (κ2) is 4.72. The van der Waals surface area contributed by atoms with Crippen LogP contribution in [0.25, 0.3) is 0 Å². The molecule has 1 fully saturated rings. The van der Waals surface area contributed by atoms with Crippen LogP contribution in [0.5, 0.6) is 0 Å². The van der Waals surface area contributed by atoms with Crippen LogP contribution < -0.4 is 5.32 Å². The summed E-state index contributed by atoms with van der Waals surface area (Å²) in [6.45, 7) is 3.20. The number of aryl methyl sites for hydroxylation is 1. The van der Waals surface area contributed by atoms with Crippen LogP contribution in [0, 0.1) is 12.8 Å². The molecule has 1 aromatic heterocycles. The summed E-state index contributed by atoms with van der Waals surface area (Å²) in [6, 6.07) is 0.419. The maximum absolute atomic E-state index is 5.17. The van der Waals surface area contributed by atoms with E-state index in [2.05, 4.69) is 15.5 Å². The van der Waals surface area contributed by atoms with Crippen molar-refractivity contribution in [3.8, 4) is 0 Å². The van der Waals surface area contributed by atoms with Gasteiger partial charge in [0, 0.05) is 13.2 Å². The van der Waals surface area contributed by atoms with Crippen LogP contribution in [0.4, 0.5) is 0 Å². The largest absolute Gasteiger partial charge is 0.383 e. The van der Waals surface area contributed by atoms with E-state index in [1.165, 1.54) is 12.8 Å². The molecule has 0 radical (unpaired) electrons. The SMILES string of the molecule is COCC(NCc1nc(C)no1)C1CC1. The first kappa shape index (κ1) is 10.6. The molecule has 2 rings (SSSR count). The van der Waals surface area contributed by atoms with Crippen molar-refractivity contribution in [3.63, 3.8) is 0 Å². The highest BCUT2D eigenvalue weighted by Gasteiger charge is 2.30. The van der Waals surface area contributed by atoms with Gasteiger partial charge < -0.3 is 14.6 Å². The molecule has 84 valence electrons. The average molecular weight is 211 g/mol. The van der Waals surface area contributed by atoms with Crippen molar-refractivity contribution in [1.29, 1.82) is 0 Å². The van der Waals surface area contributed by atoms with Gasteiger partial charge >= 0.3 is 0 Å². The minimum Gasteiger partial charge on any atom is -0.383 e. The topological polar surface area (TPSA) is 60.2 Å². The lowest BCUT2D eigenvalue weighted by Gasteiger charge is -2.15. The fraction of sp³-hybridized carbons (Fsp3) is 0.800. The molecular weight excluding hydrogens is 194 g/mol. The Morgan fingerprint density at radius 3 is 2.93 bits per heavy atom. The lowest BCUT2D eigenvalue weighted by molar-refractivity contribution is 0.155. The third-order valence-corrected chi connectivity index (χ3v) is 2.62. The van der Waals surface area contributed by atoms with Crippen molar-refractivity contribution in [2.24, 2.45) is 5.92 Å². The first-order valence-electron chi connectivity index (χ1n) is 5.31. The Labute approximate surface area is 89.2 Å². The van der Waals surface area contributed by atoms with Gasteiger partial charge in [0.2, 0.25) is 5.89 Å². The molecule has 5 nitrogen and oxygen atoms in total. The first-order valence-corrected chi connectivity index (χ1v) is 5.31. The predicted molar refractivity (Wildman–Crippen MR) is 54.3 cm³/mol. The van der Waals surface area contributed by atoms with E-state index in [4.69, 9.17) is 9.26 Å². The molecular formula is C10H17N3O2. The zero-order valence-electron chi connectivity index (χ0n) is 9.19. The van der Waals surface area contributed by atoms with Gasteiger partial charge in [0.1, 0.15) is 0 Å². The van der Waals surface area contributed by atoms with Gasteiger partial charge in [-0.25, -0.2) is 0 Å². The Bertz CT molecular complexity index is 309. The van der Waals surface area contributed by atoms with E-state index in [1.807, 2.05) is 6.92 Å². The number of aromatic nitrogens is 2. The summed E-state index contributed by atoms with van der Waals surface area (Å²) in [4.78, 5) is 4.14. The lowest BCUT2D eigenvalue weighted by Crippen LogP contribution is -2.34. The Morgan fingerprint density at radius 1 is 1.60 bits per heavy atom. The van der Waals surface area contributed by atoms with E-state index < -0.39 is 0 Å². The van der Waals surface area contributed by atoms with E-state index >= 15 is 0 Å². The van der Waals surface area contributed by atoms with Crippen molar-refractivity contribution in [1.82, 2.24) is 15.5 Å². The third kappa shape index (κ3) is 3.00. The van der Waals surface area contributed by atoms with Gasteiger partial charge in [0.15, 0.2) is 5.82 Å². The predicted octanol–water partition coefficient (Wildman–Crippen LogP) is 0.893. The van der Waals surface area contributed by atoms with E-state index in [9.17, 15) is 0 Å². The van der Waals surface area contributed by atoms with E-state index in [0.717, 1.165) is 12.5 Å². The second-order valence-corrected chi connectivity index (χ2v) is 4.02. The van der Waals surface area contributed by atoms with Gasteiger partial charge in [-0.15, -0.1) is 0 Å². The summed E-state index contributed by atoms with van der Waals surface area (Å²) in [5, 5.41) is 7.13. The summed E-state index contributed by atoms with van der Waals surface area (Å²) in [7, 11) is 1.73. The van der Waals surface area contributed by atoms with Gasteiger partial charge in [0.05, 0.1) is 13.2 Å². The Kier molecular flexibility index (Phi) is 3.33. The molecule has 1 saturated carbocycles. The van der Waals surface area contributed by atoms with Gasteiger partial charge in [-0.1, -0.05) is 5.16 Å². The van der Waals surface area contributed by atoms with Crippen molar-refractivity contribution in [2.75, 3.05) is 13.7 Å². The molecule has 0 aliphatic heterocycles. The van der Waals surface area contributed by atoms with E-state index in [0.29, 0.717) is 24.3 Å². The molecule has 0 saturated heterocycles. The maximum atomic E-state index is 5.17. The van der Waals surface area contributed by atoms with Crippen LogP contribution in [0.3, 0.4) is 0 Å². The Hall–Kier alpha value is -0.940. The van der Waals surface area contributed by atoms with Crippen molar-refractivity contribution < 1.29 is 9.26 Å². The first-order chi connectivity index (χ1) is 7.29. The Morgan fingerprint density at radius 2 is 2.40 bits per heavy atom. The number of nitrogens with one attached hydrogen (secondary N) is 1. The molecule has 0 aromatic carbocycles. The highest BCUT2D eigenvalue weighted by molar-refractivity contribution is 4.89. The van der Waals surface area contributed by atoms with Crippen LogP contribution in [0.2, 0.25) is 0 Å². The molecule has 0 amide bonds. The van der Waals surface area contributed by atoms with Crippen molar-refractivity contribution in [2.45, 2.75) is 32.4 Å². The van der Waals surface area contributed by atoms with Crippen LogP contribution in [-0.4, -0.2) is 29.9 Å². The molecule has 5 heteroatoms. The van der Waals surface area contributed by atoms with Crippen molar-refractivity contribution in [3.05, 3.63) is 11.7 Å². The summed E-state index contributed by atoms with van der Waals surface area (Å²) < 4.78 is 10.2. The zero-order chi connectivity index (χ0) is 10.7. The molecule has 1 N–H and O–H groups in total. The standard InChI is InChI=1S/C10H17N3O2/c1-7-12-10(15-13-7)5-11-9(6-14-2)8-3-4-8/h8-9,11H,3-6H2,1-2H3. The van der Waals surface area contributed by atoms with E-state index in [-0.39, 0.29) is 0 Å². The number of ether oxygens (including phenoxy) is 1. The highest BCUT2D eigenvalue weighted by atomic mass is 16.5. The van der Waals surface area contributed by atoms with Gasteiger partial charge in [-0.2, -0.15) is 4.98 Å². The fourth-order valence-corrected chi connectivity index (χ4v) is 1.67. The molecule has 15 heavy (non-hydrogen) atoms. The Balaban J connectivity index is 1.79. The molecule has 0 bridgehead atoms. The van der Waals surface area contributed by atoms with E-state index in [1.54, 1.807) is 7.11 Å². The molecule has 1 unspecified atom stereocenters. The number of hydrogen-bond acceptors (Lipinski definition) is 5.